The molecule has 0 saturated heterocycles. The largest absolute Gasteiger partial charge is 0.483 e. The number of aryl methyl sites for hydroxylation is 2. The SMILES string of the molecule is COCC(CCO)c1c(CO)c2ccc3c(c2oc1=O)C1OC(=O)CC2CC(c4cccc(Cc5ccccc5)c4)CCC2c2ccc(cc2)CCC(=C(C)CO)C(=O)OC1C(C)(CCCc1ccccc1)O3. The van der Waals surface area contributed by atoms with Crippen molar-refractivity contribution in [3.63, 3.8) is 0 Å². The van der Waals surface area contributed by atoms with E-state index >= 15 is 4.79 Å². The van der Waals surface area contributed by atoms with Crippen LogP contribution in [0.15, 0.2) is 142 Å². The van der Waals surface area contributed by atoms with Gasteiger partial charge in [-0.3, -0.25) is 4.79 Å². The molecule has 1 fully saturated rings. The number of carbonyl (C=O) groups excluding carboxylic acids is 2. The minimum atomic E-state index is -1.34. The smallest absolute Gasteiger partial charge is 0.340 e. The van der Waals surface area contributed by atoms with Crippen molar-refractivity contribution in [2.45, 2.75) is 127 Å². The zero-order valence-electron chi connectivity index (χ0n) is 42.2. The van der Waals surface area contributed by atoms with E-state index in [4.69, 9.17) is 23.4 Å². The van der Waals surface area contributed by atoms with Gasteiger partial charge in [-0.1, -0.05) is 109 Å². The first-order valence-electron chi connectivity index (χ1n) is 26.0. The zero-order chi connectivity index (χ0) is 51.1. The van der Waals surface area contributed by atoms with Crippen molar-refractivity contribution in [1.82, 2.24) is 0 Å². The van der Waals surface area contributed by atoms with Gasteiger partial charge in [0.25, 0.3) is 0 Å². The lowest BCUT2D eigenvalue weighted by atomic mass is 9.68. The van der Waals surface area contributed by atoms with Crippen LogP contribution in [-0.4, -0.2) is 65.9 Å². The maximum Gasteiger partial charge on any atom is 0.340 e. The van der Waals surface area contributed by atoms with Crippen molar-refractivity contribution in [3.8, 4) is 5.75 Å². The zero-order valence-corrected chi connectivity index (χ0v) is 42.2. The summed E-state index contributed by atoms with van der Waals surface area (Å²) in [5.74, 6) is -1.39. The van der Waals surface area contributed by atoms with Crippen LogP contribution in [0.3, 0.4) is 0 Å². The van der Waals surface area contributed by atoms with Crippen LogP contribution >= 0.6 is 0 Å². The summed E-state index contributed by atoms with van der Waals surface area (Å²) in [6.45, 7) is 2.51. The van der Waals surface area contributed by atoms with E-state index in [9.17, 15) is 24.9 Å². The number of esters is 2. The second-order valence-corrected chi connectivity index (χ2v) is 20.6. The van der Waals surface area contributed by atoms with Crippen LogP contribution < -0.4 is 10.4 Å². The van der Waals surface area contributed by atoms with E-state index in [-0.39, 0.29) is 84.9 Å². The van der Waals surface area contributed by atoms with Gasteiger partial charge in [-0.2, -0.15) is 0 Å². The first-order valence-corrected chi connectivity index (χ1v) is 26.0. The standard InChI is InChI=1S/C62H68O11/c1-39(36-64)49-25-21-41-19-22-44(23-20-41)50-26-24-46(45-18-10-16-43(33-45)32-42-14-8-5-9-15-42)34-48(50)35-54(66)70-58-56-53(73-62(2,59(58)72-60(49)67)30-11-17-40-12-6-4-7-13-40)28-27-51-52(37-65)55(61(68)71-57(51)56)47(29-31-63)38-69-3/h4-10,12-16,18-20,22-23,27-28,33,46-48,50,58-59,63-65H,11,17,21,24-26,29-32,34-38H2,1-3H3. The van der Waals surface area contributed by atoms with E-state index in [1.165, 1.54) is 23.8 Å². The van der Waals surface area contributed by atoms with Gasteiger partial charge < -0.3 is 38.7 Å². The maximum atomic E-state index is 15.3. The predicted molar refractivity (Wildman–Crippen MR) is 280 cm³/mol. The van der Waals surface area contributed by atoms with Crippen LogP contribution in [-0.2, 0) is 49.7 Å². The molecule has 7 atom stereocenters. The first-order chi connectivity index (χ1) is 35.5. The maximum absolute atomic E-state index is 15.3. The van der Waals surface area contributed by atoms with Crippen molar-refractivity contribution < 1.29 is 48.3 Å². The Labute approximate surface area is 427 Å². The molecular formula is C62H68O11. The molecule has 2 bridgehead atoms. The van der Waals surface area contributed by atoms with Crippen molar-refractivity contribution >= 4 is 22.9 Å². The summed E-state index contributed by atoms with van der Waals surface area (Å²) in [5.41, 5.74) is 6.42. The molecule has 3 aliphatic heterocycles. The number of methoxy groups -OCH3 is 1. The molecule has 0 spiro atoms. The third-order valence-corrected chi connectivity index (χ3v) is 15.8. The highest BCUT2D eigenvalue weighted by Gasteiger charge is 2.53. The highest BCUT2D eigenvalue weighted by atomic mass is 16.6. The van der Waals surface area contributed by atoms with E-state index in [2.05, 4.69) is 84.9 Å². The van der Waals surface area contributed by atoms with E-state index in [1.54, 1.807) is 19.1 Å². The molecular weight excluding hydrogens is 921 g/mol. The Hall–Kier alpha value is -6.37. The molecule has 4 aliphatic rings. The van der Waals surface area contributed by atoms with Crippen molar-refractivity contribution in [2.24, 2.45) is 5.92 Å². The number of fused-ring (bicyclic) bond motifs is 11. The molecule has 1 aromatic heterocycles. The third kappa shape index (κ3) is 11.4. The number of hydrogen-bond donors (Lipinski definition) is 3. The molecule has 0 radical (unpaired) electrons. The minimum absolute atomic E-state index is 0.0305. The molecule has 11 heteroatoms. The molecule has 7 unspecified atom stereocenters. The summed E-state index contributed by atoms with van der Waals surface area (Å²) in [7, 11) is 1.50. The van der Waals surface area contributed by atoms with Crippen molar-refractivity contribution in [1.29, 1.82) is 0 Å². The molecule has 1 saturated carbocycles. The molecule has 382 valence electrons. The van der Waals surface area contributed by atoms with Crippen LogP contribution in [0.4, 0.5) is 0 Å². The van der Waals surface area contributed by atoms with Crippen LogP contribution in [0, 0.1) is 5.92 Å². The highest BCUT2D eigenvalue weighted by molar-refractivity contribution is 5.90. The molecule has 5 aromatic carbocycles. The summed E-state index contributed by atoms with van der Waals surface area (Å²) in [6.07, 6.45) is 3.44. The third-order valence-electron chi connectivity index (χ3n) is 15.8. The summed E-state index contributed by atoms with van der Waals surface area (Å²) in [5, 5.41) is 32.0. The Morgan fingerprint density at radius 1 is 0.808 bits per heavy atom. The van der Waals surface area contributed by atoms with Gasteiger partial charge in [0.05, 0.1) is 25.4 Å². The normalized spacial score (nSPS) is 23.3. The topological polar surface area (TPSA) is 162 Å². The Morgan fingerprint density at radius 2 is 1.55 bits per heavy atom. The van der Waals surface area contributed by atoms with E-state index in [1.807, 2.05) is 31.2 Å². The van der Waals surface area contributed by atoms with Crippen LogP contribution in [0.1, 0.15) is 139 Å². The lowest BCUT2D eigenvalue weighted by Crippen LogP contribution is -2.54. The number of aliphatic hydroxyl groups excluding tert-OH is 3. The van der Waals surface area contributed by atoms with E-state index in [0.717, 1.165) is 42.4 Å². The van der Waals surface area contributed by atoms with Gasteiger partial charge >= 0.3 is 17.6 Å². The monoisotopic (exact) mass is 988 g/mol. The second-order valence-electron chi connectivity index (χ2n) is 20.6. The molecule has 11 nitrogen and oxygen atoms in total. The van der Waals surface area contributed by atoms with Gasteiger partial charge in [0.15, 0.2) is 12.2 Å². The molecule has 3 N–H and O–H groups in total. The van der Waals surface area contributed by atoms with Gasteiger partial charge in [-0.25, -0.2) is 9.59 Å². The van der Waals surface area contributed by atoms with Crippen molar-refractivity contribution in [2.75, 3.05) is 26.9 Å². The van der Waals surface area contributed by atoms with Crippen molar-refractivity contribution in [3.05, 3.63) is 193 Å². The lowest BCUT2D eigenvalue weighted by molar-refractivity contribution is -0.192. The number of aliphatic hydroxyl groups is 3. The predicted octanol–water partition coefficient (Wildman–Crippen LogP) is 10.7. The van der Waals surface area contributed by atoms with Crippen LogP contribution in [0.2, 0.25) is 0 Å². The Morgan fingerprint density at radius 3 is 2.26 bits per heavy atom. The highest BCUT2D eigenvalue weighted by Crippen LogP contribution is 2.51. The number of rotatable bonds is 14. The summed E-state index contributed by atoms with van der Waals surface area (Å²) < 4.78 is 32.3. The number of ether oxygens (including phenoxy) is 4. The Kier molecular flexibility index (Phi) is 16.4. The quantitative estimate of drug-likeness (QED) is 0.0541. The summed E-state index contributed by atoms with van der Waals surface area (Å²) >= 11 is 0. The minimum Gasteiger partial charge on any atom is -0.483 e. The molecule has 0 amide bonds. The summed E-state index contributed by atoms with van der Waals surface area (Å²) in [6, 6.07) is 41.3. The van der Waals surface area contributed by atoms with Gasteiger partial charge in [-0.15, -0.1) is 0 Å². The Bertz CT molecular complexity index is 2960. The average molecular weight is 989 g/mol. The van der Waals surface area contributed by atoms with E-state index in [0.29, 0.717) is 42.2 Å². The summed E-state index contributed by atoms with van der Waals surface area (Å²) in [4.78, 5) is 44.5. The molecule has 73 heavy (non-hydrogen) atoms. The van der Waals surface area contributed by atoms with Gasteiger partial charge in [0.2, 0.25) is 0 Å². The molecule has 4 heterocycles. The molecule has 10 rings (SSSR count). The lowest BCUT2D eigenvalue weighted by Gasteiger charge is -2.45. The number of hydrogen-bond acceptors (Lipinski definition) is 11. The number of benzene rings is 5. The first kappa shape index (κ1) is 51.5. The van der Waals surface area contributed by atoms with Gasteiger partial charge in [-0.05, 0) is 152 Å². The fraction of sp³-hybridized carbons (Fsp3) is 0.403. The van der Waals surface area contributed by atoms with Crippen LogP contribution in [0.5, 0.6) is 5.75 Å². The van der Waals surface area contributed by atoms with Gasteiger partial charge in [0.1, 0.15) is 16.9 Å². The van der Waals surface area contributed by atoms with Crippen LogP contribution in [0.25, 0.3) is 11.0 Å². The molecule has 6 aromatic rings. The fourth-order valence-corrected chi connectivity index (χ4v) is 11.9. The molecule has 1 aliphatic carbocycles. The average Bonchev–Trinajstić information content (AvgIpc) is 3.39. The number of carbonyl (C=O) groups is 2. The second kappa shape index (κ2) is 23.2. The van der Waals surface area contributed by atoms with E-state index < -0.39 is 47.9 Å². The van der Waals surface area contributed by atoms with Gasteiger partial charge in [0, 0.05) is 42.6 Å². The fourth-order valence-electron chi connectivity index (χ4n) is 11.9. The Balaban J connectivity index is 1.17.